The first kappa shape index (κ1) is 14.9. The molecule has 2 unspecified atom stereocenters. The van der Waals surface area contributed by atoms with Gasteiger partial charge in [0.15, 0.2) is 0 Å². The zero-order valence-electron chi connectivity index (χ0n) is 12.7. The van der Waals surface area contributed by atoms with E-state index in [1.807, 2.05) is 12.1 Å². The highest BCUT2D eigenvalue weighted by molar-refractivity contribution is 5.50. The van der Waals surface area contributed by atoms with Gasteiger partial charge in [0.2, 0.25) is 0 Å². The van der Waals surface area contributed by atoms with Gasteiger partial charge < -0.3 is 19.9 Å². The first-order valence-electron chi connectivity index (χ1n) is 6.89. The number of likely N-dealkylation sites (tertiary alicyclic amines) is 1. The molecule has 1 aromatic rings. The molecule has 20 heavy (non-hydrogen) atoms. The molecule has 0 amide bonds. The highest BCUT2D eigenvalue weighted by atomic mass is 16.5. The van der Waals surface area contributed by atoms with Gasteiger partial charge >= 0.3 is 0 Å². The molecular weight excluding hydrogens is 256 g/mol. The molecular formula is C15H24N2O3. The van der Waals surface area contributed by atoms with Crippen molar-refractivity contribution in [3.63, 3.8) is 0 Å². The van der Waals surface area contributed by atoms with Gasteiger partial charge in [0.25, 0.3) is 0 Å². The van der Waals surface area contributed by atoms with E-state index in [1.165, 1.54) is 0 Å². The summed E-state index contributed by atoms with van der Waals surface area (Å²) in [5, 5.41) is 0. The van der Waals surface area contributed by atoms with Crippen LogP contribution in [0.15, 0.2) is 12.1 Å². The van der Waals surface area contributed by atoms with E-state index in [1.54, 1.807) is 21.3 Å². The van der Waals surface area contributed by atoms with E-state index in [0.717, 1.165) is 42.3 Å². The molecule has 1 fully saturated rings. The van der Waals surface area contributed by atoms with E-state index in [0.29, 0.717) is 6.04 Å². The highest BCUT2D eigenvalue weighted by Crippen LogP contribution is 2.36. The Labute approximate surface area is 120 Å². The molecule has 0 aromatic heterocycles. The van der Waals surface area contributed by atoms with Crippen molar-refractivity contribution < 1.29 is 14.2 Å². The first-order chi connectivity index (χ1) is 9.60. The zero-order valence-corrected chi connectivity index (χ0v) is 12.7. The molecule has 2 rings (SSSR count). The maximum absolute atomic E-state index is 6.08. The Kier molecular flexibility index (Phi) is 4.73. The SMILES string of the molecule is COc1cc(OC)c(CN2CCC(N)C2C)c(OC)c1. The highest BCUT2D eigenvalue weighted by Gasteiger charge is 2.29. The van der Waals surface area contributed by atoms with Crippen molar-refractivity contribution in [2.24, 2.45) is 5.73 Å². The number of benzene rings is 1. The molecule has 1 aliphatic heterocycles. The number of rotatable bonds is 5. The van der Waals surface area contributed by atoms with Crippen molar-refractivity contribution >= 4 is 0 Å². The average Bonchev–Trinajstić information content (AvgIpc) is 2.79. The van der Waals surface area contributed by atoms with Gasteiger partial charge in [-0.15, -0.1) is 0 Å². The molecule has 0 radical (unpaired) electrons. The second kappa shape index (κ2) is 6.33. The molecule has 0 aliphatic carbocycles. The number of ether oxygens (including phenoxy) is 3. The average molecular weight is 280 g/mol. The summed E-state index contributed by atoms with van der Waals surface area (Å²) < 4.78 is 16.2. The minimum absolute atomic E-state index is 0.241. The molecule has 5 heteroatoms. The normalized spacial score (nSPS) is 22.9. The van der Waals surface area contributed by atoms with Crippen LogP contribution in [0.5, 0.6) is 17.2 Å². The summed E-state index contributed by atoms with van der Waals surface area (Å²) in [7, 11) is 4.96. The number of hydrogen-bond acceptors (Lipinski definition) is 5. The van der Waals surface area contributed by atoms with Crippen LogP contribution in [0.25, 0.3) is 0 Å². The fourth-order valence-corrected chi connectivity index (χ4v) is 2.69. The number of hydrogen-bond donors (Lipinski definition) is 1. The Morgan fingerprint density at radius 3 is 2.15 bits per heavy atom. The Hall–Kier alpha value is -1.46. The quantitative estimate of drug-likeness (QED) is 0.888. The van der Waals surface area contributed by atoms with Crippen LogP contribution in [0.4, 0.5) is 0 Å². The molecule has 0 spiro atoms. The van der Waals surface area contributed by atoms with Crippen LogP contribution in [0.3, 0.4) is 0 Å². The Bertz CT molecular complexity index is 439. The maximum atomic E-state index is 6.08. The van der Waals surface area contributed by atoms with Crippen LogP contribution >= 0.6 is 0 Å². The third-order valence-corrected chi connectivity index (χ3v) is 4.12. The minimum atomic E-state index is 0.241. The summed E-state index contributed by atoms with van der Waals surface area (Å²) in [6.45, 7) is 3.94. The van der Waals surface area contributed by atoms with Crippen molar-refractivity contribution in [3.05, 3.63) is 17.7 Å². The van der Waals surface area contributed by atoms with Gasteiger partial charge in [0, 0.05) is 37.3 Å². The second-order valence-electron chi connectivity index (χ2n) is 5.17. The molecule has 1 saturated heterocycles. The van der Waals surface area contributed by atoms with E-state index < -0.39 is 0 Å². The van der Waals surface area contributed by atoms with E-state index in [-0.39, 0.29) is 6.04 Å². The van der Waals surface area contributed by atoms with Crippen LogP contribution in [-0.4, -0.2) is 44.9 Å². The molecule has 112 valence electrons. The van der Waals surface area contributed by atoms with Gasteiger partial charge in [0.05, 0.1) is 26.9 Å². The summed E-state index contributed by atoms with van der Waals surface area (Å²) in [4.78, 5) is 2.36. The smallest absolute Gasteiger partial charge is 0.130 e. The van der Waals surface area contributed by atoms with Crippen LogP contribution in [-0.2, 0) is 6.54 Å². The number of methoxy groups -OCH3 is 3. The van der Waals surface area contributed by atoms with Crippen molar-refractivity contribution in [2.45, 2.75) is 32.0 Å². The Morgan fingerprint density at radius 1 is 1.15 bits per heavy atom. The lowest BCUT2D eigenvalue weighted by Gasteiger charge is -2.25. The van der Waals surface area contributed by atoms with Crippen molar-refractivity contribution in [3.8, 4) is 17.2 Å². The minimum Gasteiger partial charge on any atom is -0.496 e. The lowest BCUT2D eigenvalue weighted by Crippen LogP contribution is -2.36. The lowest BCUT2D eigenvalue weighted by atomic mass is 10.1. The van der Waals surface area contributed by atoms with Gasteiger partial charge in [-0.3, -0.25) is 4.90 Å². The fourth-order valence-electron chi connectivity index (χ4n) is 2.69. The van der Waals surface area contributed by atoms with Crippen molar-refractivity contribution in [2.75, 3.05) is 27.9 Å². The summed E-state index contributed by atoms with van der Waals surface area (Å²) in [6, 6.07) is 4.38. The molecule has 1 heterocycles. The summed E-state index contributed by atoms with van der Waals surface area (Å²) >= 11 is 0. The maximum Gasteiger partial charge on any atom is 0.130 e. The summed E-state index contributed by atoms with van der Waals surface area (Å²) in [6.07, 6.45) is 1.03. The molecule has 0 bridgehead atoms. The summed E-state index contributed by atoms with van der Waals surface area (Å²) in [5.41, 5.74) is 7.12. The van der Waals surface area contributed by atoms with Gasteiger partial charge in [-0.25, -0.2) is 0 Å². The number of nitrogens with two attached hydrogens (primary N) is 1. The second-order valence-corrected chi connectivity index (χ2v) is 5.17. The third kappa shape index (κ3) is 2.83. The van der Waals surface area contributed by atoms with E-state index >= 15 is 0 Å². The van der Waals surface area contributed by atoms with Crippen LogP contribution < -0.4 is 19.9 Å². The van der Waals surface area contributed by atoms with Gasteiger partial charge in [-0.2, -0.15) is 0 Å². The first-order valence-corrected chi connectivity index (χ1v) is 6.89. The molecule has 1 aromatic carbocycles. The van der Waals surface area contributed by atoms with Crippen LogP contribution in [0, 0.1) is 0 Å². The van der Waals surface area contributed by atoms with Crippen molar-refractivity contribution in [1.82, 2.24) is 4.90 Å². The van der Waals surface area contributed by atoms with Crippen molar-refractivity contribution in [1.29, 1.82) is 0 Å². The van der Waals surface area contributed by atoms with Gasteiger partial charge in [-0.1, -0.05) is 0 Å². The molecule has 5 nitrogen and oxygen atoms in total. The molecule has 0 saturated carbocycles. The van der Waals surface area contributed by atoms with Gasteiger partial charge in [-0.05, 0) is 13.3 Å². The monoisotopic (exact) mass is 280 g/mol. The van der Waals surface area contributed by atoms with Gasteiger partial charge in [0.1, 0.15) is 17.2 Å². The third-order valence-electron chi connectivity index (χ3n) is 4.12. The van der Waals surface area contributed by atoms with E-state index in [2.05, 4.69) is 11.8 Å². The zero-order chi connectivity index (χ0) is 14.7. The lowest BCUT2D eigenvalue weighted by molar-refractivity contribution is 0.242. The predicted octanol–water partition coefficient (Wildman–Crippen LogP) is 1.63. The summed E-state index contributed by atoms with van der Waals surface area (Å²) in [5.74, 6) is 2.30. The number of nitrogens with zero attached hydrogens (tertiary/aromatic N) is 1. The Balaban J connectivity index is 2.30. The fraction of sp³-hybridized carbons (Fsp3) is 0.600. The standard InChI is InChI=1S/C15H24N2O3/c1-10-13(16)5-6-17(10)9-12-14(19-3)7-11(18-2)8-15(12)20-4/h7-8,10,13H,5-6,9,16H2,1-4H3. The van der Waals surface area contributed by atoms with Crippen LogP contribution in [0.1, 0.15) is 18.9 Å². The molecule has 1 aliphatic rings. The Morgan fingerprint density at radius 2 is 1.75 bits per heavy atom. The van der Waals surface area contributed by atoms with Crippen LogP contribution in [0.2, 0.25) is 0 Å². The topological polar surface area (TPSA) is 57.0 Å². The van der Waals surface area contributed by atoms with E-state index in [9.17, 15) is 0 Å². The largest absolute Gasteiger partial charge is 0.496 e. The molecule has 2 N–H and O–H groups in total. The predicted molar refractivity (Wildman–Crippen MR) is 78.6 cm³/mol. The molecule has 2 atom stereocenters. The van der Waals surface area contributed by atoms with E-state index in [4.69, 9.17) is 19.9 Å².